The molecule has 3 heteroatoms. The van der Waals surface area contributed by atoms with Gasteiger partial charge in [-0.1, -0.05) is 13.8 Å². The third kappa shape index (κ3) is 3.75. The maximum atomic E-state index is 5.47. The van der Waals surface area contributed by atoms with Gasteiger partial charge in [-0.2, -0.15) is 0 Å². The van der Waals surface area contributed by atoms with Gasteiger partial charge in [-0.05, 0) is 19.2 Å². The van der Waals surface area contributed by atoms with E-state index in [1.54, 1.807) is 12.3 Å². The molecule has 0 aliphatic carbocycles. The van der Waals surface area contributed by atoms with Gasteiger partial charge in [0.1, 0.15) is 6.61 Å². The van der Waals surface area contributed by atoms with Gasteiger partial charge in [-0.3, -0.25) is 0 Å². The highest BCUT2D eigenvalue weighted by Crippen LogP contribution is 2.02. The average Bonchev–Trinajstić information content (AvgIpc) is 2.26. The SMILES string of the molecule is CCN(CC)CCOc1cc[c]cn1. The summed E-state index contributed by atoms with van der Waals surface area (Å²) in [7, 11) is 0. The minimum absolute atomic E-state index is 0.677. The van der Waals surface area contributed by atoms with Crippen molar-refractivity contribution >= 4 is 0 Å². The summed E-state index contributed by atoms with van der Waals surface area (Å²) in [4.78, 5) is 6.35. The third-order valence-corrected chi connectivity index (χ3v) is 2.14. The highest BCUT2D eigenvalue weighted by molar-refractivity contribution is 5.08. The molecule has 1 radical (unpaired) electrons. The van der Waals surface area contributed by atoms with E-state index in [1.165, 1.54) is 0 Å². The van der Waals surface area contributed by atoms with Gasteiger partial charge in [0, 0.05) is 24.9 Å². The summed E-state index contributed by atoms with van der Waals surface area (Å²) in [5.74, 6) is 0.677. The number of ether oxygens (including phenoxy) is 1. The molecule has 1 aromatic rings. The molecular formula is C11H17N2O. The van der Waals surface area contributed by atoms with Crippen LogP contribution in [0.3, 0.4) is 0 Å². The van der Waals surface area contributed by atoms with Crippen molar-refractivity contribution in [1.29, 1.82) is 0 Å². The quantitative estimate of drug-likeness (QED) is 0.686. The maximum absolute atomic E-state index is 5.47. The second-order valence-electron chi connectivity index (χ2n) is 2.97. The Bertz CT molecular complexity index is 234. The van der Waals surface area contributed by atoms with E-state index in [2.05, 4.69) is 29.8 Å². The van der Waals surface area contributed by atoms with Crippen LogP contribution in [0.25, 0.3) is 0 Å². The van der Waals surface area contributed by atoms with Crippen LogP contribution in [0.15, 0.2) is 18.3 Å². The van der Waals surface area contributed by atoms with Gasteiger partial charge in [0.2, 0.25) is 5.88 Å². The Hall–Kier alpha value is -1.09. The van der Waals surface area contributed by atoms with E-state index in [-0.39, 0.29) is 0 Å². The molecule has 1 heterocycles. The molecule has 3 nitrogen and oxygen atoms in total. The van der Waals surface area contributed by atoms with Gasteiger partial charge in [-0.15, -0.1) is 0 Å². The van der Waals surface area contributed by atoms with Crippen LogP contribution in [0.4, 0.5) is 0 Å². The van der Waals surface area contributed by atoms with Gasteiger partial charge >= 0.3 is 0 Å². The normalized spacial score (nSPS) is 10.5. The molecule has 0 spiro atoms. The van der Waals surface area contributed by atoms with Gasteiger partial charge in [-0.25, -0.2) is 4.98 Å². The van der Waals surface area contributed by atoms with Gasteiger partial charge in [0.05, 0.1) is 0 Å². The average molecular weight is 193 g/mol. The molecule has 0 amide bonds. The molecule has 0 saturated heterocycles. The highest BCUT2D eigenvalue weighted by Gasteiger charge is 1.99. The fourth-order valence-corrected chi connectivity index (χ4v) is 1.21. The molecule has 0 fully saturated rings. The molecule has 77 valence electrons. The fraction of sp³-hybridized carbons (Fsp3) is 0.545. The molecular weight excluding hydrogens is 176 g/mol. The first-order valence-corrected chi connectivity index (χ1v) is 5.04. The first-order valence-electron chi connectivity index (χ1n) is 5.04. The fourth-order valence-electron chi connectivity index (χ4n) is 1.21. The Morgan fingerprint density at radius 3 is 2.79 bits per heavy atom. The summed E-state index contributed by atoms with van der Waals surface area (Å²) in [5, 5.41) is 0. The first kappa shape index (κ1) is 11.0. The van der Waals surface area contributed by atoms with E-state index in [9.17, 15) is 0 Å². The molecule has 0 unspecified atom stereocenters. The van der Waals surface area contributed by atoms with Crippen LogP contribution < -0.4 is 4.74 Å². The van der Waals surface area contributed by atoms with Crippen LogP contribution >= 0.6 is 0 Å². The van der Waals surface area contributed by atoms with Crippen LogP contribution in [0, 0.1) is 6.07 Å². The summed E-state index contributed by atoms with van der Waals surface area (Å²) in [5.41, 5.74) is 0. The zero-order chi connectivity index (χ0) is 10.2. The van der Waals surface area contributed by atoms with Crippen molar-refractivity contribution in [3.8, 4) is 5.88 Å². The van der Waals surface area contributed by atoms with Crippen LogP contribution in [0.5, 0.6) is 5.88 Å². The van der Waals surface area contributed by atoms with E-state index in [0.717, 1.165) is 19.6 Å². The van der Waals surface area contributed by atoms with E-state index in [0.29, 0.717) is 12.5 Å². The molecule has 0 bridgehead atoms. The molecule has 0 N–H and O–H groups in total. The molecule has 0 aliphatic heterocycles. The lowest BCUT2D eigenvalue weighted by Crippen LogP contribution is -2.28. The zero-order valence-electron chi connectivity index (χ0n) is 8.86. The summed E-state index contributed by atoms with van der Waals surface area (Å²) >= 11 is 0. The smallest absolute Gasteiger partial charge is 0.213 e. The predicted octanol–water partition coefficient (Wildman–Crippen LogP) is 1.60. The lowest BCUT2D eigenvalue weighted by molar-refractivity contribution is 0.218. The summed E-state index contributed by atoms with van der Waals surface area (Å²) in [6.45, 7) is 8.08. The Morgan fingerprint density at radius 1 is 1.43 bits per heavy atom. The van der Waals surface area contributed by atoms with Crippen molar-refractivity contribution in [2.75, 3.05) is 26.2 Å². The number of aromatic nitrogens is 1. The first-order chi connectivity index (χ1) is 6.86. The number of hydrogen-bond acceptors (Lipinski definition) is 3. The van der Waals surface area contributed by atoms with Crippen molar-refractivity contribution in [3.05, 3.63) is 24.4 Å². The molecule has 0 aromatic carbocycles. The number of rotatable bonds is 6. The standard InChI is InChI=1S/C11H17N2O/c1-3-13(4-2)9-10-14-11-7-5-6-8-12-11/h5,7-8H,3-4,9-10H2,1-2H3. The van der Waals surface area contributed by atoms with E-state index in [1.807, 2.05) is 6.07 Å². The number of likely N-dealkylation sites (N-methyl/N-ethyl adjacent to an activating group) is 1. The largest absolute Gasteiger partial charge is 0.476 e. The minimum atomic E-state index is 0.677. The molecule has 14 heavy (non-hydrogen) atoms. The van der Waals surface area contributed by atoms with E-state index >= 15 is 0 Å². The Labute approximate surface area is 85.7 Å². The molecule has 0 atom stereocenters. The van der Waals surface area contributed by atoms with Crippen LogP contribution in [0.2, 0.25) is 0 Å². The Balaban J connectivity index is 2.21. The zero-order valence-corrected chi connectivity index (χ0v) is 8.86. The molecule has 0 saturated carbocycles. The second kappa shape index (κ2) is 6.38. The lowest BCUT2D eigenvalue weighted by atomic mass is 10.5. The second-order valence-corrected chi connectivity index (χ2v) is 2.97. The van der Waals surface area contributed by atoms with Crippen molar-refractivity contribution < 1.29 is 4.74 Å². The Kier molecular flexibility index (Phi) is 5.00. The summed E-state index contributed by atoms with van der Waals surface area (Å²) in [6.07, 6.45) is 1.62. The molecule has 0 aliphatic rings. The van der Waals surface area contributed by atoms with Crippen molar-refractivity contribution in [2.45, 2.75) is 13.8 Å². The lowest BCUT2D eigenvalue weighted by Gasteiger charge is -2.17. The van der Waals surface area contributed by atoms with Crippen LogP contribution in [-0.2, 0) is 0 Å². The van der Waals surface area contributed by atoms with Crippen LogP contribution in [0.1, 0.15) is 13.8 Å². The van der Waals surface area contributed by atoms with Gasteiger partial charge in [0.25, 0.3) is 0 Å². The summed E-state index contributed by atoms with van der Waals surface area (Å²) in [6, 6.07) is 6.48. The predicted molar refractivity (Wildman–Crippen MR) is 56.4 cm³/mol. The minimum Gasteiger partial charge on any atom is -0.476 e. The topological polar surface area (TPSA) is 25.4 Å². The summed E-state index contributed by atoms with van der Waals surface area (Å²) < 4.78 is 5.47. The number of pyridine rings is 1. The van der Waals surface area contributed by atoms with Crippen molar-refractivity contribution in [3.63, 3.8) is 0 Å². The maximum Gasteiger partial charge on any atom is 0.213 e. The van der Waals surface area contributed by atoms with Crippen molar-refractivity contribution in [2.24, 2.45) is 0 Å². The monoisotopic (exact) mass is 193 g/mol. The van der Waals surface area contributed by atoms with E-state index in [4.69, 9.17) is 4.74 Å². The third-order valence-electron chi connectivity index (χ3n) is 2.14. The molecule has 1 aromatic heterocycles. The van der Waals surface area contributed by atoms with Gasteiger partial charge < -0.3 is 9.64 Å². The number of nitrogens with zero attached hydrogens (tertiary/aromatic N) is 2. The molecule has 1 rings (SSSR count). The van der Waals surface area contributed by atoms with Crippen molar-refractivity contribution in [1.82, 2.24) is 9.88 Å². The van der Waals surface area contributed by atoms with Crippen LogP contribution in [-0.4, -0.2) is 36.1 Å². The highest BCUT2D eigenvalue weighted by atomic mass is 16.5. The Morgan fingerprint density at radius 2 is 2.21 bits per heavy atom. The van der Waals surface area contributed by atoms with Gasteiger partial charge in [0.15, 0.2) is 0 Å². The van der Waals surface area contributed by atoms with E-state index < -0.39 is 0 Å². The number of hydrogen-bond donors (Lipinski definition) is 0.